The molecule has 3 aromatic rings. The summed E-state index contributed by atoms with van der Waals surface area (Å²) in [6, 6.07) is 16.3. The van der Waals surface area contributed by atoms with Crippen LogP contribution in [0.15, 0.2) is 54.6 Å². The standard InChI is InChI=1S/C17H13FOS/c18-14-7-5-12(6-8-14)9-15(19)11-16-10-13-3-1-2-4-17(13)20-16/h1-8,10H,9,11H2. The van der Waals surface area contributed by atoms with Crippen molar-refractivity contribution in [3.63, 3.8) is 0 Å². The van der Waals surface area contributed by atoms with Crippen LogP contribution in [0.4, 0.5) is 4.39 Å². The molecule has 1 heterocycles. The second-order valence-electron chi connectivity index (χ2n) is 4.77. The number of hydrogen-bond acceptors (Lipinski definition) is 2. The van der Waals surface area contributed by atoms with E-state index in [1.165, 1.54) is 22.2 Å². The SMILES string of the molecule is O=C(Cc1ccc(F)cc1)Cc1cc2ccccc2s1. The molecular weight excluding hydrogens is 271 g/mol. The van der Waals surface area contributed by atoms with Crippen molar-refractivity contribution in [3.05, 3.63) is 70.9 Å². The summed E-state index contributed by atoms with van der Waals surface area (Å²) in [7, 11) is 0. The number of thiophene rings is 1. The van der Waals surface area contributed by atoms with Gasteiger partial charge in [-0.15, -0.1) is 11.3 Å². The van der Waals surface area contributed by atoms with Gasteiger partial charge >= 0.3 is 0 Å². The molecule has 0 spiro atoms. The zero-order chi connectivity index (χ0) is 13.9. The van der Waals surface area contributed by atoms with Crippen LogP contribution in [-0.4, -0.2) is 5.78 Å². The number of Topliss-reactive ketones (excluding diaryl/α,β-unsaturated/α-hetero) is 1. The van der Waals surface area contributed by atoms with Crippen LogP contribution in [0.2, 0.25) is 0 Å². The lowest BCUT2D eigenvalue weighted by Crippen LogP contribution is -2.05. The lowest BCUT2D eigenvalue weighted by Gasteiger charge is -2.00. The van der Waals surface area contributed by atoms with Crippen molar-refractivity contribution < 1.29 is 9.18 Å². The average Bonchev–Trinajstić information content (AvgIpc) is 2.83. The molecule has 0 saturated heterocycles. The van der Waals surface area contributed by atoms with Crippen LogP contribution in [-0.2, 0) is 17.6 Å². The summed E-state index contributed by atoms with van der Waals surface area (Å²) < 4.78 is 14.0. The Hall–Kier alpha value is -2.00. The Morgan fingerprint density at radius 1 is 1.00 bits per heavy atom. The monoisotopic (exact) mass is 284 g/mol. The van der Waals surface area contributed by atoms with Crippen molar-refractivity contribution in [2.24, 2.45) is 0 Å². The summed E-state index contributed by atoms with van der Waals surface area (Å²) in [4.78, 5) is 13.1. The molecular formula is C17H13FOS. The Bertz CT molecular complexity index is 710. The van der Waals surface area contributed by atoms with Gasteiger partial charge in [0.15, 0.2) is 0 Å². The van der Waals surface area contributed by atoms with E-state index in [4.69, 9.17) is 0 Å². The normalized spacial score (nSPS) is 10.8. The van der Waals surface area contributed by atoms with Crippen molar-refractivity contribution in [3.8, 4) is 0 Å². The maximum absolute atomic E-state index is 12.8. The fraction of sp³-hybridized carbons (Fsp3) is 0.118. The highest BCUT2D eigenvalue weighted by Gasteiger charge is 2.08. The first-order valence-electron chi connectivity index (χ1n) is 6.44. The number of fused-ring (bicyclic) bond motifs is 1. The van der Waals surface area contributed by atoms with Crippen LogP contribution in [0.3, 0.4) is 0 Å². The molecule has 0 bridgehead atoms. The van der Waals surface area contributed by atoms with E-state index in [1.54, 1.807) is 23.5 Å². The van der Waals surface area contributed by atoms with Gasteiger partial charge in [0.1, 0.15) is 11.6 Å². The van der Waals surface area contributed by atoms with Gasteiger partial charge in [0.25, 0.3) is 0 Å². The molecule has 0 saturated carbocycles. The van der Waals surface area contributed by atoms with Gasteiger partial charge in [-0.25, -0.2) is 4.39 Å². The second-order valence-corrected chi connectivity index (χ2v) is 5.94. The zero-order valence-corrected chi connectivity index (χ0v) is 11.6. The lowest BCUT2D eigenvalue weighted by molar-refractivity contribution is -0.117. The minimum Gasteiger partial charge on any atom is -0.299 e. The van der Waals surface area contributed by atoms with E-state index >= 15 is 0 Å². The summed E-state index contributed by atoms with van der Waals surface area (Å²) >= 11 is 1.66. The molecule has 1 nitrogen and oxygen atoms in total. The van der Waals surface area contributed by atoms with Crippen LogP contribution >= 0.6 is 11.3 Å². The highest BCUT2D eigenvalue weighted by Crippen LogP contribution is 2.25. The minimum atomic E-state index is -0.272. The Kier molecular flexibility index (Phi) is 3.61. The molecule has 0 fully saturated rings. The minimum absolute atomic E-state index is 0.156. The van der Waals surface area contributed by atoms with Gasteiger partial charge in [0.05, 0.1) is 0 Å². The third-order valence-electron chi connectivity index (χ3n) is 3.16. The third-order valence-corrected chi connectivity index (χ3v) is 4.28. The molecule has 0 atom stereocenters. The Labute approximate surface area is 120 Å². The molecule has 1 aromatic heterocycles. The van der Waals surface area contributed by atoms with E-state index in [0.29, 0.717) is 12.8 Å². The van der Waals surface area contributed by atoms with Gasteiger partial charge in [0, 0.05) is 22.4 Å². The Morgan fingerprint density at radius 3 is 2.50 bits per heavy atom. The van der Waals surface area contributed by atoms with E-state index in [0.717, 1.165) is 10.4 Å². The molecule has 0 aliphatic carbocycles. The number of benzene rings is 2. The van der Waals surface area contributed by atoms with Gasteiger partial charge in [-0.2, -0.15) is 0 Å². The first-order valence-corrected chi connectivity index (χ1v) is 7.26. The highest BCUT2D eigenvalue weighted by molar-refractivity contribution is 7.19. The molecule has 20 heavy (non-hydrogen) atoms. The second kappa shape index (κ2) is 5.55. The summed E-state index contributed by atoms with van der Waals surface area (Å²) in [6.45, 7) is 0. The van der Waals surface area contributed by atoms with E-state index in [9.17, 15) is 9.18 Å². The Balaban J connectivity index is 1.70. The predicted octanol–water partition coefficient (Wildman–Crippen LogP) is 4.39. The fourth-order valence-electron chi connectivity index (χ4n) is 2.21. The van der Waals surface area contributed by atoms with Crippen molar-refractivity contribution in [1.29, 1.82) is 0 Å². The number of hydrogen-bond donors (Lipinski definition) is 0. The smallest absolute Gasteiger partial charge is 0.142 e. The molecule has 0 unspecified atom stereocenters. The zero-order valence-electron chi connectivity index (χ0n) is 10.8. The van der Waals surface area contributed by atoms with Crippen molar-refractivity contribution in [1.82, 2.24) is 0 Å². The number of carbonyl (C=O) groups excluding carboxylic acids is 1. The van der Waals surface area contributed by atoms with Crippen molar-refractivity contribution >= 4 is 27.2 Å². The number of carbonyl (C=O) groups is 1. The molecule has 0 amide bonds. The summed E-state index contributed by atoms with van der Waals surface area (Å²) in [5.41, 5.74) is 0.859. The summed E-state index contributed by atoms with van der Waals surface area (Å²) in [5.74, 6) is -0.117. The van der Waals surface area contributed by atoms with Gasteiger partial charge in [-0.1, -0.05) is 30.3 Å². The summed E-state index contributed by atoms with van der Waals surface area (Å²) in [5, 5.41) is 1.18. The highest BCUT2D eigenvalue weighted by atomic mass is 32.1. The predicted molar refractivity (Wildman–Crippen MR) is 80.6 cm³/mol. The van der Waals surface area contributed by atoms with Crippen LogP contribution in [0.5, 0.6) is 0 Å². The molecule has 0 N–H and O–H groups in total. The first kappa shape index (κ1) is 13.0. The number of rotatable bonds is 4. The van der Waals surface area contributed by atoms with Gasteiger partial charge in [-0.05, 0) is 35.2 Å². The van der Waals surface area contributed by atoms with Crippen LogP contribution < -0.4 is 0 Å². The maximum Gasteiger partial charge on any atom is 0.142 e. The molecule has 2 aromatic carbocycles. The Morgan fingerprint density at radius 2 is 1.75 bits per heavy atom. The van der Waals surface area contributed by atoms with Crippen LogP contribution in [0.25, 0.3) is 10.1 Å². The van der Waals surface area contributed by atoms with Gasteiger partial charge in [-0.3, -0.25) is 4.79 Å². The lowest BCUT2D eigenvalue weighted by atomic mass is 10.1. The molecule has 0 aliphatic rings. The van der Waals surface area contributed by atoms with E-state index in [2.05, 4.69) is 18.2 Å². The van der Waals surface area contributed by atoms with Gasteiger partial charge in [0.2, 0.25) is 0 Å². The quantitative estimate of drug-likeness (QED) is 0.694. The molecule has 3 rings (SSSR count). The number of ketones is 1. The van der Waals surface area contributed by atoms with E-state index in [-0.39, 0.29) is 11.6 Å². The first-order chi connectivity index (χ1) is 9.70. The van der Waals surface area contributed by atoms with Gasteiger partial charge < -0.3 is 0 Å². The average molecular weight is 284 g/mol. The van der Waals surface area contributed by atoms with E-state index in [1.807, 2.05) is 12.1 Å². The largest absolute Gasteiger partial charge is 0.299 e. The maximum atomic E-state index is 12.8. The topological polar surface area (TPSA) is 17.1 Å². The molecule has 0 aliphatic heterocycles. The molecule has 0 radical (unpaired) electrons. The van der Waals surface area contributed by atoms with Crippen molar-refractivity contribution in [2.75, 3.05) is 0 Å². The van der Waals surface area contributed by atoms with E-state index < -0.39 is 0 Å². The van der Waals surface area contributed by atoms with Crippen molar-refractivity contribution in [2.45, 2.75) is 12.8 Å². The van der Waals surface area contributed by atoms with Crippen LogP contribution in [0.1, 0.15) is 10.4 Å². The summed E-state index contributed by atoms with van der Waals surface area (Å²) in [6.07, 6.45) is 0.797. The molecule has 100 valence electrons. The fourth-order valence-corrected chi connectivity index (χ4v) is 3.30. The molecule has 3 heteroatoms. The number of halogens is 1. The van der Waals surface area contributed by atoms with Crippen LogP contribution in [0, 0.1) is 5.82 Å². The third kappa shape index (κ3) is 2.94.